The highest BCUT2D eigenvalue weighted by Gasteiger charge is 2.19. The van der Waals surface area contributed by atoms with Crippen LogP contribution in [0, 0.1) is 17.5 Å². The van der Waals surface area contributed by atoms with Crippen LogP contribution in [0.5, 0.6) is 0 Å². The summed E-state index contributed by atoms with van der Waals surface area (Å²) in [7, 11) is 0. The zero-order valence-electron chi connectivity index (χ0n) is 11.3. The summed E-state index contributed by atoms with van der Waals surface area (Å²) >= 11 is 0. The largest absolute Gasteiger partial charge is 0.391 e. The van der Waals surface area contributed by atoms with Crippen LogP contribution in [-0.4, -0.2) is 29.6 Å². The van der Waals surface area contributed by atoms with Crippen molar-refractivity contribution >= 4 is 17.5 Å². The third kappa shape index (κ3) is 4.75. The quantitative estimate of drug-likeness (QED) is 0.567. The lowest BCUT2D eigenvalue weighted by Crippen LogP contribution is -2.39. The number of benzene rings is 1. The number of halogens is 3. The number of rotatable bonds is 5. The van der Waals surface area contributed by atoms with Crippen LogP contribution in [0.15, 0.2) is 12.1 Å². The molecule has 0 fully saturated rings. The summed E-state index contributed by atoms with van der Waals surface area (Å²) in [4.78, 5) is 22.8. The number of nitrogens with one attached hydrogen (secondary N) is 2. The van der Waals surface area contributed by atoms with Gasteiger partial charge in [-0.15, -0.1) is 0 Å². The molecule has 1 aromatic rings. The lowest BCUT2D eigenvalue weighted by atomic mass is 10.2. The number of carbonyl (C=O) groups excluding carboxylic acids is 2. The molecule has 2 amide bonds. The second-order valence-electron chi connectivity index (χ2n) is 4.33. The zero-order valence-corrected chi connectivity index (χ0v) is 11.3. The summed E-state index contributed by atoms with van der Waals surface area (Å²) < 4.78 is 38.9. The van der Waals surface area contributed by atoms with E-state index in [9.17, 15) is 27.9 Å². The van der Waals surface area contributed by atoms with Crippen LogP contribution >= 0.6 is 0 Å². The molecule has 0 saturated carbocycles. The molecule has 21 heavy (non-hydrogen) atoms. The van der Waals surface area contributed by atoms with Crippen molar-refractivity contribution < 1.29 is 27.9 Å². The Balaban J connectivity index is 2.61. The molecular weight excluding hydrogens is 289 g/mol. The minimum Gasteiger partial charge on any atom is -0.391 e. The predicted molar refractivity (Wildman–Crippen MR) is 68.9 cm³/mol. The van der Waals surface area contributed by atoms with E-state index in [0.717, 1.165) is 6.07 Å². The van der Waals surface area contributed by atoms with Crippen LogP contribution in [0.4, 0.5) is 18.9 Å². The van der Waals surface area contributed by atoms with Gasteiger partial charge in [0.05, 0.1) is 11.8 Å². The minimum absolute atomic E-state index is 0.139. The van der Waals surface area contributed by atoms with Crippen LogP contribution in [-0.2, 0) is 9.59 Å². The van der Waals surface area contributed by atoms with Gasteiger partial charge < -0.3 is 15.7 Å². The fraction of sp³-hybridized carbons (Fsp3) is 0.385. The SMILES string of the molecule is CCCC(O)CNC(=O)C(=O)Nc1ccc(F)c(F)c1F. The number of aliphatic hydroxyl groups excluding tert-OH is 1. The third-order valence-electron chi connectivity index (χ3n) is 2.61. The second kappa shape index (κ2) is 7.63. The summed E-state index contributed by atoms with van der Waals surface area (Å²) in [6.45, 7) is 1.70. The smallest absolute Gasteiger partial charge is 0.313 e. The van der Waals surface area contributed by atoms with Gasteiger partial charge in [-0.05, 0) is 18.6 Å². The molecule has 3 N–H and O–H groups in total. The highest BCUT2D eigenvalue weighted by atomic mass is 19.2. The zero-order chi connectivity index (χ0) is 16.0. The van der Waals surface area contributed by atoms with Crippen molar-refractivity contribution in [3.05, 3.63) is 29.6 Å². The first-order valence-corrected chi connectivity index (χ1v) is 6.27. The number of anilines is 1. The predicted octanol–water partition coefficient (Wildman–Crippen LogP) is 1.32. The molecule has 5 nitrogen and oxygen atoms in total. The van der Waals surface area contributed by atoms with Crippen molar-refractivity contribution in [2.75, 3.05) is 11.9 Å². The number of hydrogen-bond acceptors (Lipinski definition) is 3. The van der Waals surface area contributed by atoms with Crippen molar-refractivity contribution in [3.8, 4) is 0 Å². The molecule has 116 valence electrons. The molecule has 1 atom stereocenters. The summed E-state index contributed by atoms with van der Waals surface area (Å²) in [6, 6.07) is 1.42. The Kier molecular flexibility index (Phi) is 6.16. The Bertz CT molecular complexity index is 538. The van der Waals surface area contributed by atoms with Gasteiger partial charge in [0.25, 0.3) is 0 Å². The van der Waals surface area contributed by atoms with Crippen molar-refractivity contribution in [1.29, 1.82) is 0 Å². The summed E-state index contributed by atoms with van der Waals surface area (Å²) in [5.74, 6) is -7.11. The first kappa shape index (κ1) is 17.0. The Morgan fingerprint density at radius 3 is 2.48 bits per heavy atom. The van der Waals surface area contributed by atoms with E-state index >= 15 is 0 Å². The fourth-order valence-electron chi connectivity index (χ4n) is 1.53. The Morgan fingerprint density at radius 1 is 1.19 bits per heavy atom. The topological polar surface area (TPSA) is 78.4 Å². The van der Waals surface area contributed by atoms with Crippen LogP contribution < -0.4 is 10.6 Å². The van der Waals surface area contributed by atoms with Gasteiger partial charge >= 0.3 is 11.8 Å². The molecule has 0 aliphatic heterocycles. The van der Waals surface area contributed by atoms with Crippen molar-refractivity contribution in [2.24, 2.45) is 0 Å². The minimum atomic E-state index is -1.74. The van der Waals surface area contributed by atoms with E-state index in [4.69, 9.17) is 0 Å². The first-order chi connectivity index (χ1) is 9.86. The van der Waals surface area contributed by atoms with E-state index < -0.39 is 41.1 Å². The van der Waals surface area contributed by atoms with Crippen LogP contribution in [0.2, 0.25) is 0 Å². The van der Waals surface area contributed by atoms with E-state index in [1.165, 1.54) is 0 Å². The maximum Gasteiger partial charge on any atom is 0.313 e. The number of aliphatic hydroxyl groups is 1. The van der Waals surface area contributed by atoms with Crippen molar-refractivity contribution in [3.63, 3.8) is 0 Å². The molecule has 1 rings (SSSR count). The van der Waals surface area contributed by atoms with Gasteiger partial charge in [-0.3, -0.25) is 9.59 Å². The van der Waals surface area contributed by atoms with Gasteiger partial charge in [0, 0.05) is 6.54 Å². The van der Waals surface area contributed by atoms with Crippen LogP contribution in [0.25, 0.3) is 0 Å². The van der Waals surface area contributed by atoms with Gasteiger partial charge in [-0.2, -0.15) is 0 Å². The van der Waals surface area contributed by atoms with E-state index in [-0.39, 0.29) is 6.54 Å². The molecule has 0 aliphatic rings. The number of amides is 2. The molecule has 1 unspecified atom stereocenters. The van der Waals surface area contributed by atoms with Gasteiger partial charge in [0.1, 0.15) is 0 Å². The molecule has 0 spiro atoms. The van der Waals surface area contributed by atoms with Crippen molar-refractivity contribution in [2.45, 2.75) is 25.9 Å². The molecule has 0 heterocycles. The van der Waals surface area contributed by atoms with E-state index in [1.807, 2.05) is 12.2 Å². The van der Waals surface area contributed by atoms with Crippen molar-refractivity contribution in [1.82, 2.24) is 5.32 Å². The van der Waals surface area contributed by atoms with Gasteiger partial charge in [-0.25, -0.2) is 13.2 Å². The lowest BCUT2D eigenvalue weighted by Gasteiger charge is -2.11. The molecule has 8 heteroatoms. The fourth-order valence-corrected chi connectivity index (χ4v) is 1.53. The Morgan fingerprint density at radius 2 is 1.86 bits per heavy atom. The Labute approximate surface area is 119 Å². The second-order valence-corrected chi connectivity index (χ2v) is 4.33. The van der Waals surface area contributed by atoms with Crippen LogP contribution in [0.1, 0.15) is 19.8 Å². The number of carbonyl (C=O) groups is 2. The van der Waals surface area contributed by atoms with Crippen LogP contribution in [0.3, 0.4) is 0 Å². The molecule has 0 bridgehead atoms. The summed E-state index contributed by atoms with van der Waals surface area (Å²) in [5, 5.41) is 13.3. The Hall–Kier alpha value is -2.09. The maximum absolute atomic E-state index is 13.3. The highest BCUT2D eigenvalue weighted by molar-refractivity contribution is 6.39. The maximum atomic E-state index is 13.3. The first-order valence-electron chi connectivity index (χ1n) is 6.27. The summed E-state index contributed by atoms with van der Waals surface area (Å²) in [5.41, 5.74) is -0.650. The standard InChI is InChI=1S/C13H15F3N2O3/c1-2-3-7(19)6-17-12(20)13(21)18-9-5-4-8(14)10(15)11(9)16/h4-5,7,19H,2-3,6H2,1H3,(H,17,20)(H,18,21). The van der Waals surface area contributed by atoms with E-state index in [2.05, 4.69) is 5.32 Å². The lowest BCUT2D eigenvalue weighted by molar-refractivity contribution is -0.136. The molecule has 0 aromatic heterocycles. The monoisotopic (exact) mass is 304 g/mol. The molecule has 1 aromatic carbocycles. The molecular formula is C13H15F3N2O3. The van der Waals surface area contributed by atoms with Gasteiger partial charge in [-0.1, -0.05) is 13.3 Å². The van der Waals surface area contributed by atoms with Gasteiger partial charge in [0.2, 0.25) is 0 Å². The summed E-state index contributed by atoms with van der Waals surface area (Å²) in [6.07, 6.45) is 0.343. The molecule has 0 radical (unpaired) electrons. The average Bonchev–Trinajstić information content (AvgIpc) is 2.45. The normalized spacial score (nSPS) is 11.9. The molecule has 0 saturated heterocycles. The highest BCUT2D eigenvalue weighted by Crippen LogP contribution is 2.19. The third-order valence-corrected chi connectivity index (χ3v) is 2.61. The number of hydrogen-bond donors (Lipinski definition) is 3. The van der Waals surface area contributed by atoms with Gasteiger partial charge in [0.15, 0.2) is 17.5 Å². The van der Waals surface area contributed by atoms with E-state index in [1.54, 1.807) is 0 Å². The average molecular weight is 304 g/mol. The molecule has 0 aliphatic carbocycles. The van der Waals surface area contributed by atoms with E-state index in [0.29, 0.717) is 18.9 Å².